The fourth-order valence-corrected chi connectivity index (χ4v) is 7.60. The van der Waals surface area contributed by atoms with Gasteiger partial charge in [0.2, 0.25) is 0 Å². The van der Waals surface area contributed by atoms with Gasteiger partial charge in [0.1, 0.15) is 11.6 Å². The van der Waals surface area contributed by atoms with Gasteiger partial charge in [-0.15, -0.1) is 0 Å². The van der Waals surface area contributed by atoms with Gasteiger partial charge in [-0.05, 0) is 76.4 Å². The average molecular weight is 652 g/mol. The number of pyridine rings is 1. The first kappa shape index (κ1) is 33.4. The molecule has 0 aliphatic rings. The summed E-state index contributed by atoms with van der Waals surface area (Å²) in [5, 5.41) is 13.4. The lowest BCUT2D eigenvalue weighted by Gasteiger charge is -2.27. The summed E-state index contributed by atoms with van der Waals surface area (Å²) in [6.45, 7) is 24.5. The molecule has 0 radical (unpaired) electrons. The molecule has 0 aliphatic heterocycles. The summed E-state index contributed by atoms with van der Waals surface area (Å²) in [6.07, 6.45) is 2.05. The molecule has 4 aromatic carbocycles. The molecule has 0 spiro atoms. The second kappa shape index (κ2) is 11.9. The van der Waals surface area contributed by atoms with Gasteiger partial charge >= 0.3 is 0 Å². The molecular weight excluding hydrogens is 603 g/mol. The molecule has 2 aromatic heterocycles. The molecule has 6 aromatic rings. The summed E-state index contributed by atoms with van der Waals surface area (Å²) in [5.74, 6) is 1.03. The molecule has 4 nitrogen and oxygen atoms in total. The maximum atomic E-state index is 12.1. The average Bonchev–Trinajstić information content (AvgIpc) is 3.39. The molecule has 0 bridgehead atoms. The SMILES string of the molecule is Cc1cccc(C)c1-n1c(-c2cc(C(C)(C)C)cc(C(C)(C)C)c2O)nc2c(-c3cccc(-c4ccc([Si](C)(C)C)cn4)c3)cccc21. The van der Waals surface area contributed by atoms with Crippen LogP contribution in [0.1, 0.15) is 63.8 Å². The fraction of sp³-hybridized carbons (Fsp3) is 0.302. The van der Waals surface area contributed by atoms with Gasteiger partial charge in [0, 0.05) is 22.9 Å². The van der Waals surface area contributed by atoms with Crippen molar-refractivity contribution >= 4 is 24.3 Å². The summed E-state index contributed by atoms with van der Waals surface area (Å²) in [5.41, 5.74) is 11.9. The number of aromatic hydroxyl groups is 1. The summed E-state index contributed by atoms with van der Waals surface area (Å²) in [6, 6.07) is 30.1. The van der Waals surface area contributed by atoms with Crippen molar-refractivity contribution < 1.29 is 5.11 Å². The number of fused-ring (bicyclic) bond motifs is 1. The summed E-state index contributed by atoms with van der Waals surface area (Å²) in [7, 11) is -1.44. The second-order valence-corrected chi connectivity index (χ2v) is 21.4. The van der Waals surface area contributed by atoms with Crippen LogP contribution in [0.5, 0.6) is 5.75 Å². The molecule has 0 fully saturated rings. The summed E-state index contributed by atoms with van der Waals surface area (Å²) in [4.78, 5) is 10.3. The lowest BCUT2D eigenvalue weighted by atomic mass is 9.79. The van der Waals surface area contributed by atoms with E-state index in [2.05, 4.69) is 171 Å². The number of benzene rings is 4. The molecule has 246 valence electrons. The molecule has 6 rings (SSSR count). The van der Waals surface area contributed by atoms with Crippen molar-refractivity contribution in [3.63, 3.8) is 0 Å². The van der Waals surface area contributed by atoms with E-state index in [1.165, 1.54) is 10.8 Å². The van der Waals surface area contributed by atoms with E-state index >= 15 is 0 Å². The van der Waals surface area contributed by atoms with Crippen LogP contribution in [-0.4, -0.2) is 27.7 Å². The Labute approximate surface area is 287 Å². The van der Waals surface area contributed by atoms with Crippen LogP contribution in [0.15, 0.2) is 91.1 Å². The van der Waals surface area contributed by atoms with Gasteiger partial charge in [0.25, 0.3) is 0 Å². The van der Waals surface area contributed by atoms with Crippen LogP contribution in [0, 0.1) is 13.8 Å². The lowest BCUT2D eigenvalue weighted by Crippen LogP contribution is -2.37. The zero-order valence-electron chi connectivity index (χ0n) is 30.4. The molecular formula is C43H49N3OSi. The quantitative estimate of drug-likeness (QED) is 0.189. The van der Waals surface area contributed by atoms with Crippen molar-refractivity contribution in [3.8, 4) is 45.2 Å². The monoisotopic (exact) mass is 651 g/mol. The van der Waals surface area contributed by atoms with Crippen LogP contribution in [0.25, 0.3) is 50.5 Å². The van der Waals surface area contributed by atoms with Crippen LogP contribution in [0.2, 0.25) is 19.6 Å². The minimum atomic E-state index is -1.44. The number of imidazole rings is 1. The first-order chi connectivity index (χ1) is 22.4. The highest BCUT2D eigenvalue weighted by molar-refractivity contribution is 6.88. The van der Waals surface area contributed by atoms with E-state index < -0.39 is 8.07 Å². The van der Waals surface area contributed by atoms with E-state index in [4.69, 9.17) is 9.97 Å². The third-order valence-corrected chi connectivity index (χ3v) is 11.5. The predicted octanol–water partition coefficient (Wildman–Crippen LogP) is 10.9. The van der Waals surface area contributed by atoms with E-state index in [0.29, 0.717) is 0 Å². The van der Waals surface area contributed by atoms with E-state index in [1.54, 1.807) is 0 Å². The third kappa shape index (κ3) is 6.12. The van der Waals surface area contributed by atoms with Gasteiger partial charge in [-0.3, -0.25) is 9.55 Å². The Bertz CT molecular complexity index is 2130. The number of phenolic OH excluding ortho intramolecular Hbond substituents is 1. The Morgan fingerprint density at radius 1 is 0.688 bits per heavy atom. The highest BCUT2D eigenvalue weighted by Gasteiger charge is 2.29. The molecule has 0 saturated heterocycles. The molecule has 2 heterocycles. The normalized spacial score (nSPS) is 12.6. The number of phenols is 1. The first-order valence-corrected chi connectivity index (χ1v) is 20.5. The molecule has 0 aliphatic carbocycles. The van der Waals surface area contributed by atoms with Crippen molar-refractivity contribution in [2.24, 2.45) is 0 Å². The minimum absolute atomic E-state index is 0.120. The highest BCUT2D eigenvalue weighted by Crippen LogP contribution is 2.44. The predicted molar refractivity (Wildman–Crippen MR) is 207 cm³/mol. The van der Waals surface area contributed by atoms with Crippen molar-refractivity contribution in [1.82, 2.24) is 14.5 Å². The van der Waals surface area contributed by atoms with E-state index in [9.17, 15) is 5.11 Å². The molecule has 1 N–H and O–H groups in total. The maximum absolute atomic E-state index is 12.1. The lowest BCUT2D eigenvalue weighted by molar-refractivity contribution is 0.446. The van der Waals surface area contributed by atoms with Gasteiger partial charge in [-0.1, -0.05) is 122 Å². The standard InChI is InChI=1S/C43H49N3OSi/c1-27-15-12-16-28(2)39(27)46-37-20-14-19-33(29-17-13-18-30(23-29)36-22-21-32(26-44-36)48(9,10)11)38(37)45-41(46)34-24-31(42(3,4)5)25-35(40(34)47)43(6,7)8/h12-26,47H,1-11H3. The summed E-state index contributed by atoms with van der Waals surface area (Å²) >= 11 is 0. The van der Waals surface area contributed by atoms with Crippen LogP contribution in [0.4, 0.5) is 0 Å². The van der Waals surface area contributed by atoms with E-state index in [1.807, 2.05) is 0 Å². The Kier molecular flexibility index (Phi) is 8.28. The second-order valence-electron chi connectivity index (χ2n) is 16.4. The largest absolute Gasteiger partial charge is 0.507 e. The summed E-state index contributed by atoms with van der Waals surface area (Å²) < 4.78 is 2.26. The Balaban J connectivity index is 1.64. The number of hydrogen-bond acceptors (Lipinski definition) is 3. The topological polar surface area (TPSA) is 50.9 Å². The van der Waals surface area contributed by atoms with Gasteiger partial charge in [0.05, 0.1) is 36.1 Å². The van der Waals surface area contributed by atoms with Crippen molar-refractivity contribution in [3.05, 3.63) is 113 Å². The number of rotatable bonds is 5. The zero-order chi connectivity index (χ0) is 34.8. The fourth-order valence-electron chi connectivity index (χ4n) is 6.56. The molecule has 0 atom stereocenters. The van der Waals surface area contributed by atoms with Crippen LogP contribution < -0.4 is 5.19 Å². The van der Waals surface area contributed by atoms with Gasteiger partial charge < -0.3 is 5.11 Å². The zero-order valence-corrected chi connectivity index (χ0v) is 31.4. The van der Waals surface area contributed by atoms with Crippen LogP contribution >= 0.6 is 0 Å². The van der Waals surface area contributed by atoms with Crippen LogP contribution in [-0.2, 0) is 10.8 Å². The molecule has 0 unspecified atom stereocenters. The first-order valence-electron chi connectivity index (χ1n) is 17.0. The van der Waals surface area contributed by atoms with Gasteiger partial charge in [-0.2, -0.15) is 0 Å². The van der Waals surface area contributed by atoms with Gasteiger partial charge in [-0.25, -0.2) is 4.98 Å². The van der Waals surface area contributed by atoms with Crippen molar-refractivity contribution in [2.75, 3.05) is 0 Å². The Hall–Kier alpha value is -4.48. The van der Waals surface area contributed by atoms with E-state index in [-0.39, 0.29) is 16.6 Å². The molecule has 48 heavy (non-hydrogen) atoms. The Morgan fingerprint density at radius 3 is 1.94 bits per heavy atom. The smallest absolute Gasteiger partial charge is 0.149 e. The number of hydrogen-bond donors (Lipinski definition) is 1. The van der Waals surface area contributed by atoms with E-state index in [0.717, 1.165) is 67.2 Å². The highest BCUT2D eigenvalue weighted by atomic mass is 28.3. The van der Waals surface area contributed by atoms with Crippen molar-refractivity contribution in [1.29, 1.82) is 0 Å². The number of aryl methyl sites for hydroxylation is 2. The number of nitrogens with zero attached hydrogens (tertiary/aromatic N) is 3. The van der Waals surface area contributed by atoms with Crippen molar-refractivity contribution in [2.45, 2.75) is 85.9 Å². The number of para-hydroxylation sites is 2. The molecule has 5 heteroatoms. The Morgan fingerprint density at radius 2 is 1.33 bits per heavy atom. The third-order valence-electron chi connectivity index (χ3n) is 9.47. The molecule has 0 saturated carbocycles. The minimum Gasteiger partial charge on any atom is -0.507 e. The number of aromatic nitrogens is 3. The maximum Gasteiger partial charge on any atom is 0.149 e. The molecule has 0 amide bonds. The van der Waals surface area contributed by atoms with Crippen LogP contribution in [0.3, 0.4) is 0 Å². The van der Waals surface area contributed by atoms with Gasteiger partial charge in [0.15, 0.2) is 0 Å².